The molecule has 1 unspecified atom stereocenters. The van der Waals surface area contributed by atoms with Crippen LogP contribution < -0.4 is 0 Å². The van der Waals surface area contributed by atoms with Crippen LogP contribution in [0.4, 0.5) is 0 Å². The van der Waals surface area contributed by atoms with Crippen LogP contribution in [-0.4, -0.2) is 43.8 Å². The van der Waals surface area contributed by atoms with Gasteiger partial charge in [0.2, 0.25) is 0 Å². The van der Waals surface area contributed by atoms with Crippen LogP contribution >= 0.6 is 0 Å². The Morgan fingerprint density at radius 2 is 1.79 bits per heavy atom. The Kier molecular flexibility index (Phi) is 8.24. The lowest BCUT2D eigenvalue weighted by atomic mass is 10.0. The fourth-order valence-electron chi connectivity index (χ4n) is 2.35. The third-order valence-electron chi connectivity index (χ3n) is 5.05. The summed E-state index contributed by atoms with van der Waals surface area (Å²) in [4.78, 5) is 27.0. The monoisotopic (exact) mass is 402 g/mol. The molecule has 1 atom stereocenters. The van der Waals surface area contributed by atoms with E-state index in [2.05, 4.69) is 43.4 Å². The van der Waals surface area contributed by atoms with Gasteiger partial charge in [-0.05, 0) is 36.2 Å². The van der Waals surface area contributed by atoms with Gasteiger partial charge in [-0.25, -0.2) is 4.79 Å². The van der Waals surface area contributed by atoms with E-state index in [0.717, 1.165) is 18.2 Å². The lowest BCUT2D eigenvalue weighted by molar-refractivity contribution is -0.139. The number of ether oxygens (including phenoxy) is 1. The van der Waals surface area contributed by atoms with Gasteiger partial charge in [0.25, 0.3) is 5.78 Å². The molecule has 0 aliphatic carbocycles. The van der Waals surface area contributed by atoms with Gasteiger partial charge >= 0.3 is 11.7 Å². The van der Waals surface area contributed by atoms with Gasteiger partial charge < -0.3 is 14.7 Å². The molecular formula is C21H30N2O4Si. The smallest absolute Gasteiger partial charge is 0.441 e. The lowest BCUT2D eigenvalue weighted by Crippen LogP contribution is -2.44. The first-order valence-electron chi connectivity index (χ1n) is 9.18. The van der Waals surface area contributed by atoms with E-state index in [1.165, 1.54) is 0 Å². The number of rotatable bonds is 8. The molecule has 0 bridgehead atoms. The number of allylic oxidation sites excluding steroid dienone is 1. The van der Waals surface area contributed by atoms with Crippen LogP contribution in [0.15, 0.2) is 36.4 Å². The highest BCUT2D eigenvalue weighted by molar-refractivity contribution is 6.74. The second kappa shape index (κ2) is 9.73. The molecule has 1 aromatic carbocycles. The number of hydrogen-bond acceptors (Lipinski definition) is 4. The minimum absolute atomic E-state index is 0.0565. The van der Waals surface area contributed by atoms with Gasteiger partial charge in [-0.3, -0.25) is 4.79 Å². The van der Waals surface area contributed by atoms with Gasteiger partial charge in [-0.2, -0.15) is 4.79 Å². The Balaban J connectivity index is 3.23. The Bertz CT molecular complexity index is 788. The molecule has 0 aliphatic rings. The lowest BCUT2D eigenvalue weighted by Gasteiger charge is -2.38. The Morgan fingerprint density at radius 1 is 1.21 bits per heavy atom. The fourth-order valence-corrected chi connectivity index (χ4v) is 3.61. The van der Waals surface area contributed by atoms with Crippen molar-refractivity contribution >= 4 is 31.4 Å². The maximum absolute atomic E-state index is 12.6. The van der Waals surface area contributed by atoms with Gasteiger partial charge in [-0.15, -0.1) is 0 Å². The first kappa shape index (κ1) is 23.7. The molecule has 0 saturated heterocycles. The summed E-state index contributed by atoms with van der Waals surface area (Å²) in [6, 6.07) is 9.77. The van der Waals surface area contributed by atoms with Crippen molar-refractivity contribution in [1.29, 1.82) is 0 Å². The molecule has 1 aromatic rings. The molecule has 7 heteroatoms. The SMILES string of the molecule is COC(=O)C(=[N+]=[N-])C(=O)CC(/C=C(\C)c1ccccc1)O[Si](C)(C)C(C)(C)C. The summed E-state index contributed by atoms with van der Waals surface area (Å²) in [6.07, 6.45) is 1.21. The van der Waals surface area contributed by atoms with E-state index in [1.54, 1.807) is 0 Å². The number of methoxy groups -OCH3 is 1. The van der Waals surface area contributed by atoms with Crippen molar-refractivity contribution in [2.45, 2.75) is 58.4 Å². The van der Waals surface area contributed by atoms with Crippen molar-refractivity contribution in [2.24, 2.45) is 0 Å². The van der Waals surface area contributed by atoms with Crippen molar-refractivity contribution in [1.82, 2.24) is 0 Å². The van der Waals surface area contributed by atoms with E-state index in [4.69, 9.17) is 9.96 Å². The number of esters is 1. The minimum atomic E-state index is -2.20. The molecule has 6 nitrogen and oxygen atoms in total. The van der Waals surface area contributed by atoms with Gasteiger partial charge in [-0.1, -0.05) is 57.2 Å². The largest absolute Gasteiger partial charge is 0.460 e. The molecule has 1 rings (SSSR count). The number of carbonyl (C=O) groups is 2. The quantitative estimate of drug-likeness (QED) is 0.162. The second-order valence-electron chi connectivity index (χ2n) is 8.20. The van der Waals surface area contributed by atoms with Gasteiger partial charge in [0.15, 0.2) is 8.32 Å². The van der Waals surface area contributed by atoms with Crippen molar-refractivity contribution in [2.75, 3.05) is 7.11 Å². The van der Waals surface area contributed by atoms with Gasteiger partial charge in [0.05, 0.1) is 13.2 Å². The normalized spacial score (nSPS) is 13.5. The Labute approximate surface area is 168 Å². The maximum atomic E-state index is 12.6. The maximum Gasteiger partial charge on any atom is 0.441 e. The zero-order valence-electron chi connectivity index (χ0n) is 17.8. The van der Waals surface area contributed by atoms with Crippen molar-refractivity contribution in [3.8, 4) is 0 Å². The first-order chi connectivity index (χ1) is 12.9. The molecular weight excluding hydrogens is 372 g/mol. The third-order valence-corrected chi connectivity index (χ3v) is 9.55. The second-order valence-corrected chi connectivity index (χ2v) is 13.0. The van der Waals surface area contributed by atoms with E-state index >= 15 is 0 Å². The third kappa shape index (κ3) is 6.37. The standard InChI is InChI=1S/C21H30N2O4Si/c1-15(16-11-9-8-10-12-16)13-17(27-28(6,7)21(2,3)4)14-18(24)19(23-22)20(25)26-5/h8-13,17H,14H2,1-7H3/b15-13+. The number of Topliss-reactive ketones (excluding diaryl/α,β-unsaturated/α-hetero) is 1. The number of nitrogens with zero attached hydrogens (tertiary/aromatic N) is 2. The Morgan fingerprint density at radius 3 is 2.25 bits per heavy atom. The molecule has 28 heavy (non-hydrogen) atoms. The molecule has 0 amide bonds. The average Bonchev–Trinajstić information content (AvgIpc) is 2.61. The highest BCUT2D eigenvalue weighted by atomic mass is 28.4. The molecule has 0 aromatic heterocycles. The number of carbonyl (C=O) groups excluding carboxylic acids is 2. The summed E-state index contributed by atoms with van der Waals surface area (Å²) in [5, 5.41) is -0.0565. The van der Waals surface area contributed by atoms with Crippen LogP contribution in [0.5, 0.6) is 0 Å². The van der Waals surface area contributed by atoms with Crippen LogP contribution in [-0.2, 0) is 18.8 Å². The van der Waals surface area contributed by atoms with Crippen LogP contribution in [0.2, 0.25) is 18.1 Å². The van der Waals surface area contributed by atoms with Crippen LogP contribution in [0.1, 0.15) is 39.7 Å². The summed E-state index contributed by atoms with van der Waals surface area (Å²) >= 11 is 0. The number of benzene rings is 1. The molecule has 0 aliphatic heterocycles. The molecule has 0 spiro atoms. The molecule has 152 valence electrons. The van der Waals surface area contributed by atoms with E-state index in [0.29, 0.717) is 0 Å². The van der Waals surface area contributed by atoms with Crippen molar-refractivity contribution in [3.63, 3.8) is 0 Å². The first-order valence-corrected chi connectivity index (χ1v) is 12.1. The summed E-state index contributed by atoms with van der Waals surface area (Å²) in [6.45, 7) is 12.5. The molecule has 0 radical (unpaired) electrons. The predicted molar refractivity (Wildman–Crippen MR) is 112 cm³/mol. The fraction of sp³-hybridized carbons (Fsp3) is 0.476. The number of hydrogen-bond donors (Lipinski definition) is 0. The average molecular weight is 403 g/mol. The minimum Gasteiger partial charge on any atom is -0.460 e. The zero-order valence-corrected chi connectivity index (χ0v) is 18.8. The van der Waals surface area contributed by atoms with E-state index in [1.807, 2.05) is 43.3 Å². The predicted octanol–water partition coefficient (Wildman–Crippen LogP) is 4.28. The highest BCUT2D eigenvalue weighted by Gasteiger charge is 2.40. The summed E-state index contributed by atoms with van der Waals surface area (Å²) in [7, 11) is -1.07. The molecule has 0 heterocycles. The highest BCUT2D eigenvalue weighted by Crippen LogP contribution is 2.38. The van der Waals surface area contributed by atoms with E-state index in [9.17, 15) is 9.59 Å². The van der Waals surface area contributed by atoms with Gasteiger partial charge in [0, 0.05) is 6.42 Å². The van der Waals surface area contributed by atoms with Crippen molar-refractivity contribution in [3.05, 3.63) is 47.5 Å². The van der Waals surface area contributed by atoms with Gasteiger partial charge in [0.1, 0.15) is 0 Å². The van der Waals surface area contributed by atoms with E-state index in [-0.39, 0.29) is 11.5 Å². The number of ketones is 1. The van der Waals surface area contributed by atoms with Crippen LogP contribution in [0, 0.1) is 0 Å². The zero-order chi connectivity index (χ0) is 21.5. The van der Waals surface area contributed by atoms with Crippen LogP contribution in [0.3, 0.4) is 0 Å². The Hall–Kier alpha value is -2.34. The molecule has 0 saturated carbocycles. The van der Waals surface area contributed by atoms with Crippen molar-refractivity contribution < 1.29 is 23.5 Å². The summed E-state index contributed by atoms with van der Waals surface area (Å²) in [5.41, 5.74) is 10.4. The topological polar surface area (TPSA) is 89.0 Å². The van der Waals surface area contributed by atoms with E-state index < -0.39 is 31.9 Å². The summed E-state index contributed by atoms with van der Waals surface area (Å²) < 4.78 is 10.9. The molecule has 0 fully saturated rings. The summed E-state index contributed by atoms with van der Waals surface area (Å²) in [5.74, 6) is -1.60. The van der Waals surface area contributed by atoms with Crippen LogP contribution in [0.25, 0.3) is 11.1 Å². The molecule has 0 N–H and O–H groups in total.